The Balaban J connectivity index is 1.88. The van der Waals surface area contributed by atoms with E-state index >= 15 is 0 Å². The van der Waals surface area contributed by atoms with E-state index in [-0.39, 0.29) is 11.7 Å². The quantitative estimate of drug-likeness (QED) is 0.917. The predicted octanol–water partition coefficient (Wildman–Crippen LogP) is 3.22. The van der Waals surface area contributed by atoms with Crippen LogP contribution in [0.2, 0.25) is 0 Å². The first kappa shape index (κ1) is 15.0. The van der Waals surface area contributed by atoms with Gasteiger partial charge in [0, 0.05) is 6.54 Å². The number of hydrogen-bond donors (Lipinski definition) is 1. The van der Waals surface area contributed by atoms with Crippen molar-refractivity contribution in [3.63, 3.8) is 0 Å². The standard InChI is InChI=1S/C17H18FNO2/c1-12-5-3-4-6-14(12)11-19-17(20)13(2)21-16-9-7-15(18)8-10-16/h3-10,13H,11H2,1-2H3,(H,19,20)/t13-/m0/s1. The number of halogens is 1. The molecule has 0 radical (unpaired) electrons. The van der Waals surface area contributed by atoms with Gasteiger partial charge in [0.05, 0.1) is 0 Å². The molecule has 0 fully saturated rings. The molecule has 1 N–H and O–H groups in total. The summed E-state index contributed by atoms with van der Waals surface area (Å²) in [6.45, 7) is 4.12. The first-order valence-corrected chi connectivity index (χ1v) is 6.80. The Morgan fingerprint density at radius 2 is 1.86 bits per heavy atom. The van der Waals surface area contributed by atoms with Crippen LogP contribution >= 0.6 is 0 Å². The molecule has 0 heterocycles. The highest BCUT2D eigenvalue weighted by Gasteiger charge is 2.14. The predicted molar refractivity (Wildman–Crippen MR) is 79.5 cm³/mol. The van der Waals surface area contributed by atoms with E-state index in [9.17, 15) is 9.18 Å². The summed E-state index contributed by atoms with van der Waals surface area (Å²) in [7, 11) is 0. The van der Waals surface area contributed by atoms with Crippen LogP contribution in [0.4, 0.5) is 4.39 Å². The number of carbonyl (C=O) groups is 1. The van der Waals surface area contributed by atoms with Gasteiger partial charge in [-0.05, 0) is 49.2 Å². The van der Waals surface area contributed by atoms with E-state index in [0.29, 0.717) is 12.3 Å². The Kier molecular flexibility index (Phi) is 4.93. The first-order valence-electron chi connectivity index (χ1n) is 6.80. The van der Waals surface area contributed by atoms with Crippen molar-refractivity contribution in [2.24, 2.45) is 0 Å². The topological polar surface area (TPSA) is 38.3 Å². The van der Waals surface area contributed by atoms with Crippen LogP contribution in [0, 0.1) is 12.7 Å². The molecule has 0 aliphatic carbocycles. The number of amides is 1. The molecule has 4 heteroatoms. The van der Waals surface area contributed by atoms with E-state index in [1.165, 1.54) is 24.3 Å². The lowest BCUT2D eigenvalue weighted by atomic mass is 10.1. The van der Waals surface area contributed by atoms with Gasteiger partial charge in [-0.25, -0.2) is 4.39 Å². The van der Waals surface area contributed by atoms with Crippen LogP contribution < -0.4 is 10.1 Å². The number of hydrogen-bond acceptors (Lipinski definition) is 2. The summed E-state index contributed by atoms with van der Waals surface area (Å²) in [6.07, 6.45) is -0.639. The van der Waals surface area contributed by atoms with Gasteiger partial charge in [0.15, 0.2) is 6.10 Å². The molecule has 0 saturated carbocycles. The van der Waals surface area contributed by atoms with Gasteiger partial charge < -0.3 is 10.1 Å². The van der Waals surface area contributed by atoms with Crippen LogP contribution in [0.25, 0.3) is 0 Å². The van der Waals surface area contributed by atoms with Crippen molar-refractivity contribution in [3.8, 4) is 5.75 Å². The number of benzene rings is 2. The Morgan fingerprint density at radius 3 is 2.52 bits per heavy atom. The monoisotopic (exact) mass is 287 g/mol. The zero-order valence-electron chi connectivity index (χ0n) is 12.1. The summed E-state index contributed by atoms with van der Waals surface area (Å²) in [6, 6.07) is 13.5. The SMILES string of the molecule is Cc1ccccc1CNC(=O)[C@H](C)Oc1ccc(F)cc1. The van der Waals surface area contributed by atoms with Gasteiger partial charge >= 0.3 is 0 Å². The summed E-state index contributed by atoms with van der Waals surface area (Å²) in [5.41, 5.74) is 2.20. The summed E-state index contributed by atoms with van der Waals surface area (Å²) in [5, 5.41) is 2.83. The molecule has 0 unspecified atom stereocenters. The lowest BCUT2D eigenvalue weighted by Gasteiger charge is -2.15. The molecule has 0 aromatic heterocycles. The van der Waals surface area contributed by atoms with E-state index in [2.05, 4.69) is 5.32 Å². The summed E-state index contributed by atoms with van der Waals surface area (Å²) >= 11 is 0. The molecule has 0 spiro atoms. The minimum absolute atomic E-state index is 0.206. The van der Waals surface area contributed by atoms with E-state index in [1.54, 1.807) is 6.92 Å². The highest BCUT2D eigenvalue weighted by Crippen LogP contribution is 2.13. The van der Waals surface area contributed by atoms with Crippen molar-refractivity contribution in [1.82, 2.24) is 5.32 Å². The van der Waals surface area contributed by atoms with Crippen molar-refractivity contribution in [2.45, 2.75) is 26.5 Å². The molecule has 2 rings (SSSR count). The average Bonchev–Trinajstić information content (AvgIpc) is 2.48. The lowest BCUT2D eigenvalue weighted by Crippen LogP contribution is -2.36. The van der Waals surface area contributed by atoms with Gasteiger partial charge in [-0.1, -0.05) is 24.3 Å². The fraction of sp³-hybridized carbons (Fsp3) is 0.235. The maximum absolute atomic E-state index is 12.8. The van der Waals surface area contributed by atoms with Gasteiger partial charge in [-0.3, -0.25) is 4.79 Å². The third kappa shape index (κ3) is 4.31. The summed E-state index contributed by atoms with van der Waals surface area (Å²) < 4.78 is 18.3. The van der Waals surface area contributed by atoms with Gasteiger partial charge in [0.1, 0.15) is 11.6 Å². The molecule has 3 nitrogen and oxygen atoms in total. The highest BCUT2D eigenvalue weighted by molar-refractivity contribution is 5.80. The second kappa shape index (κ2) is 6.88. The maximum atomic E-state index is 12.8. The van der Waals surface area contributed by atoms with E-state index in [1.807, 2.05) is 31.2 Å². The van der Waals surface area contributed by atoms with Gasteiger partial charge in [-0.2, -0.15) is 0 Å². The molecule has 2 aromatic rings. The van der Waals surface area contributed by atoms with Crippen LogP contribution in [-0.4, -0.2) is 12.0 Å². The molecule has 21 heavy (non-hydrogen) atoms. The zero-order valence-corrected chi connectivity index (χ0v) is 12.1. The number of ether oxygens (including phenoxy) is 1. The molecular weight excluding hydrogens is 269 g/mol. The smallest absolute Gasteiger partial charge is 0.261 e. The van der Waals surface area contributed by atoms with Crippen molar-refractivity contribution in [2.75, 3.05) is 0 Å². The number of carbonyl (C=O) groups excluding carboxylic acids is 1. The van der Waals surface area contributed by atoms with Crippen molar-refractivity contribution in [1.29, 1.82) is 0 Å². The van der Waals surface area contributed by atoms with Crippen LogP contribution in [0.3, 0.4) is 0 Å². The zero-order chi connectivity index (χ0) is 15.2. The van der Waals surface area contributed by atoms with Gasteiger partial charge in [-0.15, -0.1) is 0 Å². The van der Waals surface area contributed by atoms with Crippen LogP contribution in [0.15, 0.2) is 48.5 Å². The molecule has 110 valence electrons. The number of nitrogens with one attached hydrogen (secondary N) is 1. The van der Waals surface area contributed by atoms with E-state index in [4.69, 9.17) is 4.74 Å². The first-order chi connectivity index (χ1) is 10.1. The highest BCUT2D eigenvalue weighted by atomic mass is 19.1. The molecule has 0 saturated heterocycles. The van der Waals surface area contributed by atoms with Crippen LogP contribution in [0.5, 0.6) is 5.75 Å². The number of aryl methyl sites for hydroxylation is 1. The third-order valence-corrected chi connectivity index (χ3v) is 3.21. The van der Waals surface area contributed by atoms with Crippen molar-refractivity contribution >= 4 is 5.91 Å². The Labute approximate surface area is 123 Å². The maximum Gasteiger partial charge on any atom is 0.261 e. The average molecular weight is 287 g/mol. The molecule has 2 aromatic carbocycles. The molecular formula is C17H18FNO2. The largest absolute Gasteiger partial charge is 0.481 e. The molecule has 0 aliphatic rings. The minimum atomic E-state index is -0.639. The van der Waals surface area contributed by atoms with E-state index in [0.717, 1.165) is 11.1 Å². The second-order valence-corrected chi connectivity index (χ2v) is 4.86. The Hall–Kier alpha value is -2.36. The second-order valence-electron chi connectivity index (χ2n) is 4.86. The molecule has 1 atom stereocenters. The Morgan fingerprint density at radius 1 is 1.19 bits per heavy atom. The van der Waals surface area contributed by atoms with Gasteiger partial charge in [0.25, 0.3) is 5.91 Å². The van der Waals surface area contributed by atoms with Gasteiger partial charge in [0.2, 0.25) is 0 Å². The molecule has 1 amide bonds. The Bertz CT molecular complexity index is 610. The van der Waals surface area contributed by atoms with Crippen molar-refractivity contribution < 1.29 is 13.9 Å². The van der Waals surface area contributed by atoms with Crippen molar-refractivity contribution in [3.05, 3.63) is 65.5 Å². The molecule has 0 bridgehead atoms. The van der Waals surface area contributed by atoms with E-state index < -0.39 is 6.10 Å². The number of rotatable bonds is 5. The van der Waals surface area contributed by atoms with Crippen LogP contribution in [0.1, 0.15) is 18.1 Å². The third-order valence-electron chi connectivity index (χ3n) is 3.21. The summed E-state index contributed by atoms with van der Waals surface area (Å²) in [4.78, 5) is 12.0. The molecule has 0 aliphatic heterocycles. The lowest BCUT2D eigenvalue weighted by molar-refractivity contribution is -0.127. The fourth-order valence-electron chi connectivity index (χ4n) is 1.91. The fourth-order valence-corrected chi connectivity index (χ4v) is 1.91. The normalized spacial score (nSPS) is 11.8. The van der Waals surface area contributed by atoms with Crippen LogP contribution in [-0.2, 0) is 11.3 Å². The summed E-state index contributed by atoms with van der Waals surface area (Å²) in [5.74, 6) is -0.0727. The minimum Gasteiger partial charge on any atom is -0.481 e.